The van der Waals surface area contributed by atoms with Crippen LogP contribution in [0.4, 0.5) is 8.78 Å². The molecule has 0 saturated carbocycles. The molecule has 2 rings (SSSR count). The summed E-state index contributed by atoms with van der Waals surface area (Å²) in [6, 6.07) is 4.34. The zero-order chi connectivity index (χ0) is 14.0. The fourth-order valence-corrected chi connectivity index (χ4v) is 3.56. The fraction of sp³-hybridized carbons (Fsp3) is 0.286. The van der Waals surface area contributed by atoms with Crippen molar-refractivity contribution in [3.63, 3.8) is 0 Å². The maximum atomic E-state index is 14.1. The predicted molar refractivity (Wildman–Crippen MR) is 78.6 cm³/mol. The van der Waals surface area contributed by atoms with E-state index in [2.05, 4.69) is 21.2 Å². The van der Waals surface area contributed by atoms with Crippen molar-refractivity contribution >= 4 is 27.3 Å². The van der Waals surface area contributed by atoms with E-state index in [-0.39, 0.29) is 11.6 Å². The molecule has 0 saturated heterocycles. The summed E-state index contributed by atoms with van der Waals surface area (Å²) in [5, 5.41) is 4.95. The van der Waals surface area contributed by atoms with Gasteiger partial charge in [-0.05, 0) is 53.0 Å². The summed E-state index contributed by atoms with van der Waals surface area (Å²) in [6.45, 7) is 1.64. The van der Waals surface area contributed by atoms with E-state index in [0.717, 1.165) is 9.35 Å². The van der Waals surface area contributed by atoms with Crippen LogP contribution in [-0.4, -0.2) is 7.05 Å². The summed E-state index contributed by atoms with van der Waals surface area (Å²) in [7, 11) is 1.72. The molecule has 0 amide bonds. The van der Waals surface area contributed by atoms with Crippen molar-refractivity contribution in [2.24, 2.45) is 0 Å². The minimum Gasteiger partial charge on any atom is -0.313 e. The fourth-order valence-electron chi connectivity index (χ4n) is 2.00. The van der Waals surface area contributed by atoms with Gasteiger partial charge in [0.25, 0.3) is 0 Å². The third-order valence-corrected chi connectivity index (χ3v) is 5.05. The first-order chi connectivity index (χ1) is 9.04. The average Bonchev–Trinajstić information content (AvgIpc) is 2.78. The van der Waals surface area contributed by atoms with Gasteiger partial charge in [-0.3, -0.25) is 0 Å². The molecule has 0 spiro atoms. The Morgan fingerprint density at radius 3 is 2.63 bits per heavy atom. The van der Waals surface area contributed by atoms with Crippen molar-refractivity contribution in [2.45, 2.75) is 19.4 Å². The molecule has 0 aliphatic heterocycles. The maximum Gasteiger partial charge on any atom is 0.133 e. The number of likely N-dealkylation sites (N-methyl/N-ethyl adjacent to an activating group) is 1. The van der Waals surface area contributed by atoms with Gasteiger partial charge in [-0.15, -0.1) is 11.3 Å². The van der Waals surface area contributed by atoms with Crippen LogP contribution >= 0.6 is 27.3 Å². The van der Waals surface area contributed by atoms with Crippen molar-refractivity contribution in [2.75, 3.05) is 7.05 Å². The van der Waals surface area contributed by atoms with Crippen LogP contribution in [0.5, 0.6) is 0 Å². The maximum absolute atomic E-state index is 14.1. The first-order valence-electron chi connectivity index (χ1n) is 5.88. The second kappa shape index (κ2) is 6.11. The second-order valence-corrected chi connectivity index (χ2v) is 6.18. The quantitative estimate of drug-likeness (QED) is 0.853. The summed E-state index contributed by atoms with van der Waals surface area (Å²) in [5.41, 5.74) is 0.574. The first-order valence-corrected chi connectivity index (χ1v) is 7.55. The van der Waals surface area contributed by atoms with E-state index in [1.54, 1.807) is 25.3 Å². The SMILES string of the molecule is CNC(Cc1sccc1Br)c1c(F)ccc(C)c1F. The number of benzene rings is 1. The highest BCUT2D eigenvalue weighted by molar-refractivity contribution is 9.10. The third kappa shape index (κ3) is 3.04. The standard InChI is InChI=1S/C14H14BrF2NS/c1-8-3-4-10(16)13(14(8)17)11(18-2)7-12-9(15)5-6-19-12/h3-6,11,18H,7H2,1-2H3. The molecule has 19 heavy (non-hydrogen) atoms. The number of aryl methyl sites for hydroxylation is 1. The van der Waals surface area contributed by atoms with Crippen LogP contribution in [0.2, 0.25) is 0 Å². The van der Waals surface area contributed by atoms with Crippen LogP contribution in [0.3, 0.4) is 0 Å². The third-order valence-electron chi connectivity index (χ3n) is 3.10. The lowest BCUT2D eigenvalue weighted by atomic mass is 9.99. The van der Waals surface area contributed by atoms with E-state index >= 15 is 0 Å². The number of halogens is 3. The molecule has 0 fully saturated rings. The predicted octanol–water partition coefficient (Wildman–Crippen LogP) is 4.60. The highest BCUT2D eigenvalue weighted by atomic mass is 79.9. The van der Waals surface area contributed by atoms with Gasteiger partial charge in [-0.25, -0.2) is 8.78 Å². The smallest absolute Gasteiger partial charge is 0.133 e. The highest BCUT2D eigenvalue weighted by Gasteiger charge is 2.21. The zero-order valence-electron chi connectivity index (χ0n) is 10.6. The van der Waals surface area contributed by atoms with Gasteiger partial charge in [0.1, 0.15) is 11.6 Å². The summed E-state index contributed by atoms with van der Waals surface area (Å²) < 4.78 is 29.0. The summed E-state index contributed by atoms with van der Waals surface area (Å²) >= 11 is 5.02. The van der Waals surface area contributed by atoms with Gasteiger partial charge in [-0.1, -0.05) is 6.07 Å². The lowest BCUT2D eigenvalue weighted by molar-refractivity contribution is 0.487. The molecule has 102 valence electrons. The normalized spacial score (nSPS) is 12.7. The molecule has 1 nitrogen and oxygen atoms in total. The molecule has 1 unspecified atom stereocenters. The molecule has 2 aromatic rings. The lowest BCUT2D eigenvalue weighted by Crippen LogP contribution is -2.21. The van der Waals surface area contributed by atoms with Crippen LogP contribution in [0, 0.1) is 18.6 Å². The van der Waals surface area contributed by atoms with Gasteiger partial charge < -0.3 is 5.32 Å². The minimum absolute atomic E-state index is 0.114. The highest BCUT2D eigenvalue weighted by Crippen LogP contribution is 2.31. The number of thiophene rings is 1. The van der Waals surface area contributed by atoms with E-state index < -0.39 is 11.6 Å². The Labute approximate surface area is 123 Å². The first kappa shape index (κ1) is 14.6. The molecule has 5 heteroatoms. The molecule has 0 aliphatic carbocycles. The summed E-state index contributed by atoms with van der Waals surface area (Å²) in [4.78, 5) is 1.07. The molecule has 0 aliphatic rings. The van der Waals surface area contributed by atoms with Crippen molar-refractivity contribution in [1.29, 1.82) is 0 Å². The van der Waals surface area contributed by atoms with Crippen LogP contribution < -0.4 is 5.32 Å². The van der Waals surface area contributed by atoms with Crippen molar-refractivity contribution in [3.8, 4) is 0 Å². The largest absolute Gasteiger partial charge is 0.313 e. The molecular formula is C14H14BrF2NS. The molecule has 0 radical (unpaired) electrons. The van der Waals surface area contributed by atoms with Crippen LogP contribution in [0.1, 0.15) is 22.0 Å². The number of hydrogen-bond donors (Lipinski definition) is 1. The second-order valence-electron chi connectivity index (χ2n) is 4.33. The molecule has 1 aromatic carbocycles. The molecule has 1 atom stereocenters. The lowest BCUT2D eigenvalue weighted by Gasteiger charge is -2.18. The Kier molecular flexibility index (Phi) is 4.71. The Hall–Kier alpha value is -0.780. The van der Waals surface area contributed by atoms with Gasteiger partial charge in [0.15, 0.2) is 0 Å². The van der Waals surface area contributed by atoms with E-state index in [1.165, 1.54) is 12.1 Å². The number of rotatable bonds is 4. The van der Waals surface area contributed by atoms with E-state index in [0.29, 0.717) is 12.0 Å². The van der Waals surface area contributed by atoms with Crippen molar-refractivity contribution in [1.82, 2.24) is 5.32 Å². The summed E-state index contributed by atoms with van der Waals surface area (Å²) in [6.07, 6.45) is 0.548. The Morgan fingerprint density at radius 1 is 1.32 bits per heavy atom. The van der Waals surface area contributed by atoms with Crippen molar-refractivity contribution < 1.29 is 8.78 Å². The average molecular weight is 346 g/mol. The van der Waals surface area contributed by atoms with Gasteiger partial charge in [0, 0.05) is 27.4 Å². The molecule has 0 bridgehead atoms. The number of nitrogens with one attached hydrogen (secondary N) is 1. The van der Waals surface area contributed by atoms with Crippen LogP contribution in [0.15, 0.2) is 28.1 Å². The molecular weight excluding hydrogens is 332 g/mol. The Bertz CT molecular complexity index is 583. The van der Waals surface area contributed by atoms with Crippen molar-refractivity contribution in [3.05, 3.63) is 55.7 Å². The van der Waals surface area contributed by atoms with E-state index in [4.69, 9.17) is 0 Å². The topological polar surface area (TPSA) is 12.0 Å². The van der Waals surface area contributed by atoms with Crippen LogP contribution in [0.25, 0.3) is 0 Å². The molecule has 1 N–H and O–H groups in total. The zero-order valence-corrected chi connectivity index (χ0v) is 13.0. The minimum atomic E-state index is -0.505. The summed E-state index contributed by atoms with van der Waals surface area (Å²) in [5.74, 6) is -0.970. The van der Waals surface area contributed by atoms with E-state index in [9.17, 15) is 8.78 Å². The Morgan fingerprint density at radius 2 is 2.05 bits per heavy atom. The van der Waals surface area contributed by atoms with Gasteiger partial charge in [-0.2, -0.15) is 0 Å². The van der Waals surface area contributed by atoms with Gasteiger partial charge >= 0.3 is 0 Å². The molecule has 1 heterocycles. The Balaban J connectivity index is 2.38. The van der Waals surface area contributed by atoms with Crippen LogP contribution in [-0.2, 0) is 6.42 Å². The molecule has 1 aromatic heterocycles. The van der Waals surface area contributed by atoms with Gasteiger partial charge in [0.2, 0.25) is 0 Å². The van der Waals surface area contributed by atoms with E-state index in [1.807, 2.05) is 11.4 Å². The monoisotopic (exact) mass is 345 g/mol. The number of hydrogen-bond acceptors (Lipinski definition) is 2. The van der Waals surface area contributed by atoms with Gasteiger partial charge in [0.05, 0.1) is 0 Å².